The van der Waals surface area contributed by atoms with Gasteiger partial charge in [0.25, 0.3) is 5.91 Å². The minimum atomic E-state index is -0.768. The van der Waals surface area contributed by atoms with E-state index in [1.807, 2.05) is 29.6 Å². The summed E-state index contributed by atoms with van der Waals surface area (Å²) in [5, 5.41) is 4.64. The summed E-state index contributed by atoms with van der Waals surface area (Å²) in [6.45, 7) is 0. The maximum absolute atomic E-state index is 12.7. The summed E-state index contributed by atoms with van der Waals surface area (Å²) in [7, 11) is 0. The number of fused-ring (bicyclic) bond motifs is 1. The highest BCUT2D eigenvalue weighted by Crippen LogP contribution is 2.21. The van der Waals surface area contributed by atoms with Crippen molar-refractivity contribution in [3.8, 4) is 11.4 Å². The molecule has 8 heteroatoms. The largest absolute Gasteiger partial charge is 0.368 e. The van der Waals surface area contributed by atoms with Gasteiger partial charge in [0, 0.05) is 34.8 Å². The first-order chi connectivity index (χ1) is 13.6. The van der Waals surface area contributed by atoms with Crippen molar-refractivity contribution in [2.75, 3.05) is 0 Å². The highest BCUT2D eigenvalue weighted by molar-refractivity contribution is 7.09. The van der Waals surface area contributed by atoms with Crippen molar-refractivity contribution in [2.24, 2.45) is 5.73 Å². The van der Waals surface area contributed by atoms with Crippen LogP contribution >= 0.6 is 11.3 Å². The molecule has 4 N–H and O–H groups in total. The number of amides is 2. The number of aromatic amines is 1. The SMILES string of the molecule is NC(=O)[C@H](Cc1cccs1)NC(=O)c1ccc2nc(-c3ccncc3)[nH]c2c1. The van der Waals surface area contributed by atoms with E-state index in [2.05, 4.69) is 20.3 Å². The number of pyridine rings is 1. The van der Waals surface area contributed by atoms with Gasteiger partial charge in [0.2, 0.25) is 5.91 Å². The molecule has 28 heavy (non-hydrogen) atoms. The fourth-order valence-electron chi connectivity index (χ4n) is 2.89. The number of benzene rings is 1. The first-order valence-corrected chi connectivity index (χ1v) is 9.51. The van der Waals surface area contributed by atoms with Gasteiger partial charge >= 0.3 is 0 Å². The van der Waals surface area contributed by atoms with Gasteiger partial charge in [-0.25, -0.2) is 4.98 Å². The first-order valence-electron chi connectivity index (χ1n) is 8.63. The molecule has 1 atom stereocenters. The predicted molar refractivity (Wildman–Crippen MR) is 108 cm³/mol. The molecule has 7 nitrogen and oxygen atoms in total. The molecule has 4 aromatic rings. The van der Waals surface area contributed by atoms with Crippen LogP contribution in [-0.4, -0.2) is 32.8 Å². The molecule has 0 unspecified atom stereocenters. The van der Waals surface area contributed by atoms with E-state index in [1.165, 1.54) is 11.3 Å². The number of nitrogens with zero attached hydrogens (tertiary/aromatic N) is 2. The number of carbonyl (C=O) groups is 2. The summed E-state index contributed by atoms with van der Waals surface area (Å²) >= 11 is 1.52. The Bertz CT molecular complexity index is 1120. The van der Waals surface area contributed by atoms with Gasteiger partial charge in [-0.2, -0.15) is 0 Å². The second-order valence-electron chi connectivity index (χ2n) is 6.27. The molecule has 4 rings (SSSR count). The molecular formula is C20H17N5O2S. The van der Waals surface area contributed by atoms with Crippen LogP contribution in [0.2, 0.25) is 0 Å². The number of nitrogens with two attached hydrogens (primary N) is 1. The Labute approximate surface area is 164 Å². The Hall–Kier alpha value is -3.52. The van der Waals surface area contributed by atoms with Gasteiger partial charge in [-0.1, -0.05) is 6.07 Å². The molecule has 0 spiro atoms. The minimum absolute atomic E-state index is 0.359. The van der Waals surface area contributed by atoms with Gasteiger partial charge in [-0.3, -0.25) is 14.6 Å². The number of thiophene rings is 1. The lowest BCUT2D eigenvalue weighted by atomic mass is 10.1. The molecule has 2 amide bonds. The quantitative estimate of drug-likeness (QED) is 0.468. The number of primary amides is 1. The lowest BCUT2D eigenvalue weighted by molar-refractivity contribution is -0.119. The summed E-state index contributed by atoms with van der Waals surface area (Å²) in [5.41, 5.74) is 8.27. The summed E-state index contributed by atoms with van der Waals surface area (Å²) < 4.78 is 0. The Balaban J connectivity index is 1.56. The third-order valence-electron chi connectivity index (χ3n) is 4.33. The van der Waals surface area contributed by atoms with E-state index in [4.69, 9.17) is 5.73 Å². The van der Waals surface area contributed by atoms with Crippen molar-refractivity contribution in [1.82, 2.24) is 20.3 Å². The van der Waals surface area contributed by atoms with Crippen molar-refractivity contribution in [1.29, 1.82) is 0 Å². The minimum Gasteiger partial charge on any atom is -0.368 e. The summed E-state index contributed by atoms with van der Waals surface area (Å²) in [6, 6.07) is 11.9. The predicted octanol–water partition coefficient (Wildman–Crippen LogP) is 2.51. The van der Waals surface area contributed by atoms with Crippen LogP contribution in [0.4, 0.5) is 0 Å². The topological polar surface area (TPSA) is 114 Å². The van der Waals surface area contributed by atoms with Crippen LogP contribution in [-0.2, 0) is 11.2 Å². The molecule has 3 aromatic heterocycles. The van der Waals surface area contributed by atoms with Crippen molar-refractivity contribution in [3.63, 3.8) is 0 Å². The van der Waals surface area contributed by atoms with Gasteiger partial charge in [0.15, 0.2) is 0 Å². The molecule has 0 bridgehead atoms. The standard InChI is InChI=1S/C20H17N5O2S/c21-18(26)17(11-14-2-1-9-28-14)25-20(27)13-3-4-15-16(10-13)24-19(23-15)12-5-7-22-8-6-12/h1-10,17H,11H2,(H2,21,26)(H,23,24)(H,25,27)/t17-/m0/s1. The maximum atomic E-state index is 12.7. The third kappa shape index (κ3) is 3.77. The van der Waals surface area contributed by atoms with Crippen LogP contribution in [0.1, 0.15) is 15.2 Å². The van der Waals surface area contributed by atoms with Crippen molar-refractivity contribution < 1.29 is 9.59 Å². The molecule has 0 saturated carbocycles. The van der Waals surface area contributed by atoms with Crippen molar-refractivity contribution in [2.45, 2.75) is 12.5 Å². The van der Waals surface area contributed by atoms with E-state index < -0.39 is 11.9 Å². The van der Waals surface area contributed by atoms with E-state index in [-0.39, 0.29) is 5.91 Å². The van der Waals surface area contributed by atoms with Gasteiger partial charge in [0.1, 0.15) is 11.9 Å². The number of hydrogen-bond acceptors (Lipinski definition) is 5. The molecule has 0 radical (unpaired) electrons. The molecular weight excluding hydrogens is 374 g/mol. The number of aromatic nitrogens is 3. The van der Waals surface area contributed by atoms with Gasteiger partial charge in [0.05, 0.1) is 11.0 Å². The van der Waals surface area contributed by atoms with Crippen LogP contribution in [0.25, 0.3) is 22.4 Å². The normalized spacial score (nSPS) is 12.0. The number of imidazole rings is 1. The second kappa shape index (κ2) is 7.61. The van der Waals surface area contributed by atoms with Gasteiger partial charge in [-0.05, 0) is 41.8 Å². The van der Waals surface area contributed by atoms with E-state index in [0.29, 0.717) is 17.8 Å². The molecule has 1 aromatic carbocycles. The first kappa shape index (κ1) is 17.9. The number of carbonyl (C=O) groups excluding carboxylic acids is 2. The van der Waals surface area contributed by atoms with Gasteiger partial charge < -0.3 is 16.0 Å². The van der Waals surface area contributed by atoms with E-state index in [0.717, 1.165) is 21.5 Å². The number of H-pyrrole nitrogens is 1. The molecule has 0 aliphatic heterocycles. The fraction of sp³-hybridized carbons (Fsp3) is 0.100. The van der Waals surface area contributed by atoms with E-state index >= 15 is 0 Å². The molecule has 0 aliphatic carbocycles. The molecule has 3 heterocycles. The highest BCUT2D eigenvalue weighted by atomic mass is 32.1. The monoisotopic (exact) mass is 391 g/mol. The average molecular weight is 391 g/mol. The van der Waals surface area contributed by atoms with Crippen LogP contribution in [0.5, 0.6) is 0 Å². The van der Waals surface area contributed by atoms with Crippen LogP contribution in [0.15, 0.2) is 60.2 Å². The second-order valence-corrected chi connectivity index (χ2v) is 7.30. The fourth-order valence-corrected chi connectivity index (χ4v) is 3.64. The molecule has 0 fully saturated rings. The Morgan fingerprint density at radius 2 is 2.00 bits per heavy atom. The number of nitrogens with one attached hydrogen (secondary N) is 2. The maximum Gasteiger partial charge on any atom is 0.252 e. The smallest absolute Gasteiger partial charge is 0.252 e. The zero-order valence-corrected chi connectivity index (χ0v) is 15.6. The lowest BCUT2D eigenvalue weighted by Gasteiger charge is -2.14. The van der Waals surface area contributed by atoms with Crippen molar-refractivity contribution in [3.05, 3.63) is 70.7 Å². The summed E-state index contributed by atoms with van der Waals surface area (Å²) in [6.07, 6.45) is 3.76. The molecule has 0 aliphatic rings. The highest BCUT2D eigenvalue weighted by Gasteiger charge is 2.20. The van der Waals surface area contributed by atoms with Crippen LogP contribution in [0, 0.1) is 0 Å². The zero-order chi connectivity index (χ0) is 19.5. The molecule has 140 valence electrons. The Kier molecular flexibility index (Phi) is 4.86. The van der Waals surface area contributed by atoms with E-state index in [9.17, 15) is 9.59 Å². The molecule has 0 saturated heterocycles. The zero-order valence-electron chi connectivity index (χ0n) is 14.8. The van der Waals surface area contributed by atoms with Gasteiger partial charge in [-0.15, -0.1) is 11.3 Å². The lowest BCUT2D eigenvalue weighted by Crippen LogP contribution is -2.45. The number of hydrogen-bond donors (Lipinski definition) is 3. The Morgan fingerprint density at radius 1 is 1.18 bits per heavy atom. The summed E-state index contributed by atoms with van der Waals surface area (Å²) in [5.74, 6) is -0.227. The van der Waals surface area contributed by atoms with Crippen LogP contribution in [0.3, 0.4) is 0 Å². The van der Waals surface area contributed by atoms with Crippen molar-refractivity contribution >= 4 is 34.2 Å². The third-order valence-corrected chi connectivity index (χ3v) is 5.23. The Morgan fingerprint density at radius 3 is 2.71 bits per heavy atom. The summed E-state index contributed by atoms with van der Waals surface area (Å²) in [4.78, 5) is 37.1. The average Bonchev–Trinajstić information content (AvgIpc) is 3.37. The van der Waals surface area contributed by atoms with E-state index in [1.54, 1.807) is 30.6 Å². The van der Waals surface area contributed by atoms with Crippen LogP contribution < -0.4 is 11.1 Å². The number of rotatable bonds is 6.